The molecule has 0 aliphatic carbocycles. The van der Waals surface area contributed by atoms with Crippen LogP contribution in [-0.4, -0.2) is 28.9 Å². The fraction of sp³-hybridized carbons (Fsp3) is 0.0625. The number of nitrogens with zero attached hydrogens (tertiary/aromatic N) is 2. The molecular formula is C16H12ClN3O4. The summed E-state index contributed by atoms with van der Waals surface area (Å²) in [5.41, 5.74) is 3.13. The number of nitriles is 1. The largest absolute Gasteiger partial charge is 0.504 e. The van der Waals surface area contributed by atoms with Crippen LogP contribution in [0.25, 0.3) is 0 Å². The van der Waals surface area contributed by atoms with E-state index in [0.29, 0.717) is 16.9 Å². The van der Waals surface area contributed by atoms with Crippen LogP contribution in [0.1, 0.15) is 11.1 Å². The van der Waals surface area contributed by atoms with E-state index in [-0.39, 0.29) is 17.4 Å². The van der Waals surface area contributed by atoms with Crippen molar-refractivity contribution < 1.29 is 19.7 Å². The maximum Gasteiger partial charge on any atom is 0.277 e. The van der Waals surface area contributed by atoms with E-state index in [1.54, 1.807) is 24.3 Å². The number of hydrogen-bond acceptors (Lipinski definition) is 6. The Morgan fingerprint density at radius 1 is 1.33 bits per heavy atom. The van der Waals surface area contributed by atoms with Crippen LogP contribution in [0.4, 0.5) is 0 Å². The molecule has 2 rings (SSSR count). The quantitative estimate of drug-likeness (QED) is 0.436. The van der Waals surface area contributed by atoms with Crippen molar-refractivity contribution in [1.29, 1.82) is 5.26 Å². The van der Waals surface area contributed by atoms with Crippen molar-refractivity contribution >= 4 is 23.7 Å². The summed E-state index contributed by atoms with van der Waals surface area (Å²) in [6.07, 6.45) is 1.25. The molecule has 7 nitrogen and oxygen atoms in total. The van der Waals surface area contributed by atoms with Gasteiger partial charge in [0.1, 0.15) is 5.75 Å². The lowest BCUT2D eigenvalue weighted by Crippen LogP contribution is -2.24. The number of carbonyl (C=O) groups excluding carboxylic acids is 1. The van der Waals surface area contributed by atoms with Gasteiger partial charge in [0.2, 0.25) is 0 Å². The van der Waals surface area contributed by atoms with E-state index < -0.39 is 11.7 Å². The molecule has 8 heteroatoms. The van der Waals surface area contributed by atoms with Crippen LogP contribution in [0.2, 0.25) is 5.02 Å². The molecule has 122 valence electrons. The lowest BCUT2D eigenvalue weighted by molar-refractivity contribution is -0.123. The van der Waals surface area contributed by atoms with Gasteiger partial charge in [-0.15, -0.1) is 0 Å². The van der Waals surface area contributed by atoms with Gasteiger partial charge in [-0.3, -0.25) is 4.79 Å². The minimum Gasteiger partial charge on any atom is -0.504 e. The molecule has 2 aromatic carbocycles. The van der Waals surface area contributed by atoms with Gasteiger partial charge in [-0.25, -0.2) is 5.43 Å². The molecule has 0 aliphatic rings. The van der Waals surface area contributed by atoms with Crippen molar-refractivity contribution in [3.63, 3.8) is 0 Å². The van der Waals surface area contributed by atoms with Crippen LogP contribution in [0.15, 0.2) is 41.5 Å². The summed E-state index contributed by atoms with van der Waals surface area (Å²) in [4.78, 5) is 11.6. The smallest absolute Gasteiger partial charge is 0.277 e. The molecule has 0 spiro atoms. The van der Waals surface area contributed by atoms with E-state index in [1.807, 2.05) is 6.07 Å². The number of carbonyl (C=O) groups is 1. The van der Waals surface area contributed by atoms with Gasteiger partial charge in [0.15, 0.2) is 18.1 Å². The number of halogens is 1. The third-order valence-electron chi connectivity index (χ3n) is 2.82. The average molecular weight is 346 g/mol. The monoisotopic (exact) mass is 345 g/mol. The van der Waals surface area contributed by atoms with Crippen molar-refractivity contribution in [2.45, 2.75) is 0 Å². The van der Waals surface area contributed by atoms with Crippen molar-refractivity contribution in [3.8, 4) is 23.3 Å². The fourth-order valence-electron chi connectivity index (χ4n) is 1.67. The van der Waals surface area contributed by atoms with Gasteiger partial charge < -0.3 is 14.9 Å². The number of amides is 1. The Morgan fingerprint density at radius 2 is 2.04 bits per heavy atom. The molecular weight excluding hydrogens is 334 g/mol. The summed E-state index contributed by atoms with van der Waals surface area (Å²) < 4.78 is 5.23. The SMILES string of the molecule is N#Cc1ccc(OCC(=O)N/N=C/c2cc(O)c(O)c(Cl)c2)cc1. The van der Waals surface area contributed by atoms with E-state index in [1.165, 1.54) is 18.3 Å². The number of rotatable bonds is 5. The molecule has 0 aromatic heterocycles. The highest BCUT2D eigenvalue weighted by atomic mass is 35.5. The average Bonchev–Trinajstić information content (AvgIpc) is 2.58. The Bertz CT molecular complexity index is 790. The summed E-state index contributed by atoms with van der Waals surface area (Å²) >= 11 is 5.70. The first-order valence-corrected chi connectivity index (χ1v) is 7.03. The number of ether oxygens (including phenoxy) is 1. The van der Waals surface area contributed by atoms with Gasteiger partial charge in [0.05, 0.1) is 22.9 Å². The molecule has 3 N–H and O–H groups in total. The first-order chi connectivity index (χ1) is 11.5. The molecule has 0 heterocycles. The number of phenols is 2. The molecule has 2 aromatic rings. The van der Waals surface area contributed by atoms with E-state index >= 15 is 0 Å². The number of phenolic OH excluding ortho intramolecular Hbond substituents is 2. The van der Waals surface area contributed by atoms with Crippen LogP contribution in [0.3, 0.4) is 0 Å². The zero-order valence-corrected chi connectivity index (χ0v) is 13.0. The molecule has 1 amide bonds. The molecule has 0 fully saturated rings. The Morgan fingerprint density at radius 3 is 2.67 bits per heavy atom. The van der Waals surface area contributed by atoms with E-state index in [2.05, 4.69) is 10.5 Å². The number of benzene rings is 2. The first kappa shape index (κ1) is 17.1. The standard InChI is InChI=1S/C16H12ClN3O4/c17-13-5-11(6-14(21)16(13)23)8-19-20-15(22)9-24-12-3-1-10(7-18)2-4-12/h1-6,8,21,23H,9H2,(H,20,22)/b19-8+. The molecule has 0 unspecified atom stereocenters. The number of aromatic hydroxyl groups is 2. The Balaban J connectivity index is 1.85. The van der Waals surface area contributed by atoms with Crippen molar-refractivity contribution in [3.05, 3.63) is 52.5 Å². The van der Waals surface area contributed by atoms with Crippen LogP contribution >= 0.6 is 11.6 Å². The lowest BCUT2D eigenvalue weighted by atomic mass is 10.2. The predicted molar refractivity (Wildman–Crippen MR) is 87.2 cm³/mol. The molecule has 0 radical (unpaired) electrons. The number of hydrazone groups is 1. The highest BCUT2D eigenvalue weighted by Crippen LogP contribution is 2.33. The van der Waals surface area contributed by atoms with Gasteiger partial charge in [-0.2, -0.15) is 10.4 Å². The first-order valence-electron chi connectivity index (χ1n) is 6.66. The normalized spacial score (nSPS) is 10.3. The zero-order chi connectivity index (χ0) is 17.5. The fourth-order valence-corrected chi connectivity index (χ4v) is 1.89. The second kappa shape index (κ2) is 7.85. The van der Waals surface area contributed by atoms with Gasteiger partial charge in [0.25, 0.3) is 5.91 Å². The minimum atomic E-state index is -0.496. The second-order valence-electron chi connectivity index (χ2n) is 4.59. The van der Waals surface area contributed by atoms with Gasteiger partial charge in [-0.05, 0) is 42.0 Å². The van der Waals surface area contributed by atoms with Crippen LogP contribution in [0.5, 0.6) is 17.2 Å². The summed E-state index contributed by atoms with van der Waals surface area (Å²) in [5.74, 6) is -0.860. The summed E-state index contributed by atoms with van der Waals surface area (Å²) in [6, 6.07) is 10.9. The molecule has 0 aliphatic heterocycles. The number of hydrogen-bond donors (Lipinski definition) is 3. The van der Waals surface area contributed by atoms with Crippen molar-refractivity contribution in [2.75, 3.05) is 6.61 Å². The maximum absolute atomic E-state index is 11.6. The van der Waals surface area contributed by atoms with Crippen molar-refractivity contribution in [2.24, 2.45) is 5.10 Å². The Hall–Kier alpha value is -3.24. The summed E-state index contributed by atoms with van der Waals surface area (Å²) in [5, 5.41) is 31.1. The molecule has 0 bridgehead atoms. The summed E-state index contributed by atoms with van der Waals surface area (Å²) in [7, 11) is 0. The third kappa shape index (κ3) is 4.63. The van der Waals surface area contributed by atoms with E-state index in [0.717, 1.165) is 0 Å². The highest BCUT2D eigenvalue weighted by molar-refractivity contribution is 6.32. The Labute approximate surface area is 142 Å². The lowest BCUT2D eigenvalue weighted by Gasteiger charge is -2.05. The molecule has 0 saturated carbocycles. The zero-order valence-electron chi connectivity index (χ0n) is 12.2. The van der Waals surface area contributed by atoms with Gasteiger partial charge in [0, 0.05) is 0 Å². The molecule has 0 atom stereocenters. The minimum absolute atomic E-state index is 0.0353. The molecule has 24 heavy (non-hydrogen) atoms. The predicted octanol–water partition coefficient (Wildman–Crippen LogP) is 2.15. The maximum atomic E-state index is 11.6. The van der Waals surface area contributed by atoms with Gasteiger partial charge in [-0.1, -0.05) is 11.6 Å². The van der Waals surface area contributed by atoms with E-state index in [9.17, 15) is 15.0 Å². The number of nitrogens with one attached hydrogen (secondary N) is 1. The third-order valence-corrected chi connectivity index (χ3v) is 3.11. The topological polar surface area (TPSA) is 115 Å². The van der Waals surface area contributed by atoms with Crippen LogP contribution in [-0.2, 0) is 4.79 Å². The second-order valence-corrected chi connectivity index (χ2v) is 5.00. The van der Waals surface area contributed by atoms with Gasteiger partial charge >= 0.3 is 0 Å². The highest BCUT2D eigenvalue weighted by Gasteiger charge is 2.06. The van der Waals surface area contributed by atoms with Crippen molar-refractivity contribution in [1.82, 2.24) is 5.43 Å². The van der Waals surface area contributed by atoms with E-state index in [4.69, 9.17) is 21.6 Å². The van der Waals surface area contributed by atoms with Crippen LogP contribution in [0, 0.1) is 11.3 Å². The summed E-state index contributed by atoms with van der Waals surface area (Å²) in [6.45, 7) is -0.259. The Kier molecular flexibility index (Phi) is 5.60. The van der Waals surface area contributed by atoms with Crippen LogP contribution < -0.4 is 10.2 Å². The molecule has 0 saturated heterocycles.